The topological polar surface area (TPSA) is 16.1 Å². The van der Waals surface area contributed by atoms with Gasteiger partial charge < -0.3 is 4.90 Å². The van der Waals surface area contributed by atoms with Gasteiger partial charge in [0.15, 0.2) is 0 Å². The first-order chi connectivity index (χ1) is 7.65. The second-order valence-corrected chi connectivity index (χ2v) is 3.94. The minimum absolute atomic E-state index is 1.10. The molecule has 0 unspecified atom stereocenters. The monoisotopic (exact) mass is 216 g/mol. The Morgan fingerprint density at radius 3 is 2.69 bits per heavy atom. The highest BCUT2D eigenvalue weighted by molar-refractivity contribution is 5.49. The molecule has 1 aromatic heterocycles. The van der Waals surface area contributed by atoms with Gasteiger partial charge in [0.05, 0.1) is 11.9 Å². The normalized spacial score (nSPS) is 12.8. The van der Waals surface area contributed by atoms with Crippen LogP contribution in [-0.4, -0.2) is 12.0 Å². The number of rotatable bonds is 4. The molecule has 0 aromatic carbocycles. The lowest BCUT2D eigenvalue weighted by molar-refractivity contribution is 1.07. The maximum absolute atomic E-state index is 4.12. The first-order valence-electron chi connectivity index (χ1n) is 5.63. The molecule has 2 nitrogen and oxygen atoms in total. The molecule has 0 N–H and O–H groups in total. The third-order valence-electron chi connectivity index (χ3n) is 2.73. The van der Waals surface area contributed by atoms with E-state index in [-0.39, 0.29) is 0 Å². The first kappa shape index (κ1) is 12.5. The second kappa shape index (κ2) is 6.11. The van der Waals surface area contributed by atoms with Crippen LogP contribution in [0.15, 0.2) is 47.9 Å². The molecule has 1 heterocycles. The van der Waals surface area contributed by atoms with E-state index < -0.39 is 0 Å². The van der Waals surface area contributed by atoms with E-state index in [1.807, 2.05) is 12.3 Å². The second-order valence-electron chi connectivity index (χ2n) is 3.94. The number of allylic oxidation sites excluding steroid dienone is 4. The Morgan fingerprint density at radius 1 is 1.38 bits per heavy atom. The molecule has 0 aliphatic carbocycles. The molecule has 16 heavy (non-hydrogen) atoms. The van der Waals surface area contributed by atoms with Gasteiger partial charge in [-0.25, -0.2) is 0 Å². The largest absolute Gasteiger partial charge is 0.347 e. The Morgan fingerprint density at radius 2 is 2.12 bits per heavy atom. The van der Waals surface area contributed by atoms with Crippen molar-refractivity contribution in [2.75, 3.05) is 11.9 Å². The predicted molar refractivity (Wildman–Crippen MR) is 70.4 cm³/mol. The fourth-order valence-corrected chi connectivity index (χ4v) is 1.25. The molecular formula is C14H20N2. The van der Waals surface area contributed by atoms with Gasteiger partial charge in [0, 0.05) is 18.9 Å². The van der Waals surface area contributed by atoms with Crippen molar-refractivity contribution in [1.82, 2.24) is 4.98 Å². The van der Waals surface area contributed by atoms with Gasteiger partial charge in [-0.2, -0.15) is 0 Å². The average Bonchev–Trinajstić information content (AvgIpc) is 2.35. The van der Waals surface area contributed by atoms with Crippen LogP contribution in [0.5, 0.6) is 0 Å². The third-order valence-corrected chi connectivity index (χ3v) is 2.73. The van der Waals surface area contributed by atoms with Crippen LogP contribution in [0, 0.1) is 0 Å². The van der Waals surface area contributed by atoms with E-state index in [2.05, 4.69) is 55.9 Å². The molecule has 0 bridgehead atoms. The highest BCUT2D eigenvalue weighted by Crippen LogP contribution is 2.15. The van der Waals surface area contributed by atoms with Crippen molar-refractivity contribution < 1.29 is 0 Å². The smallest absolute Gasteiger partial charge is 0.0592 e. The number of hydrogen-bond donors (Lipinski definition) is 0. The van der Waals surface area contributed by atoms with Gasteiger partial charge in [0.2, 0.25) is 0 Å². The Kier molecular flexibility index (Phi) is 4.77. The molecule has 2 heteroatoms. The fraction of sp³-hybridized carbons (Fsp3) is 0.357. The molecule has 1 aromatic rings. The first-order valence-corrected chi connectivity index (χ1v) is 5.63. The minimum Gasteiger partial charge on any atom is -0.347 e. The van der Waals surface area contributed by atoms with Crippen LogP contribution >= 0.6 is 0 Å². The lowest BCUT2D eigenvalue weighted by Gasteiger charge is -2.19. The third kappa shape index (κ3) is 3.54. The van der Waals surface area contributed by atoms with Crippen LogP contribution < -0.4 is 4.90 Å². The molecule has 0 spiro atoms. The zero-order valence-electron chi connectivity index (χ0n) is 10.6. The van der Waals surface area contributed by atoms with Crippen LogP contribution in [0.25, 0.3) is 0 Å². The van der Waals surface area contributed by atoms with Gasteiger partial charge in [-0.3, -0.25) is 4.98 Å². The van der Waals surface area contributed by atoms with Gasteiger partial charge >= 0.3 is 0 Å². The quantitative estimate of drug-likeness (QED) is 0.712. The summed E-state index contributed by atoms with van der Waals surface area (Å²) in [6, 6.07) is 4.01. The van der Waals surface area contributed by atoms with E-state index >= 15 is 0 Å². The molecule has 0 aliphatic heterocycles. The van der Waals surface area contributed by atoms with Gasteiger partial charge in [0.25, 0.3) is 0 Å². The Balaban J connectivity index is 2.79. The van der Waals surface area contributed by atoms with Crippen molar-refractivity contribution in [3.63, 3.8) is 0 Å². The molecule has 0 amide bonds. The Hall–Kier alpha value is -1.57. The zero-order valence-corrected chi connectivity index (χ0v) is 10.6. The minimum atomic E-state index is 1.10. The molecule has 0 atom stereocenters. The van der Waals surface area contributed by atoms with E-state index in [9.17, 15) is 0 Å². The van der Waals surface area contributed by atoms with Crippen molar-refractivity contribution in [1.29, 1.82) is 0 Å². The van der Waals surface area contributed by atoms with E-state index in [1.165, 1.54) is 11.3 Å². The van der Waals surface area contributed by atoms with Crippen LogP contribution in [0.3, 0.4) is 0 Å². The van der Waals surface area contributed by atoms with Crippen molar-refractivity contribution in [3.8, 4) is 0 Å². The van der Waals surface area contributed by atoms with Crippen LogP contribution in [-0.2, 0) is 0 Å². The summed E-state index contributed by atoms with van der Waals surface area (Å²) < 4.78 is 0. The highest BCUT2D eigenvalue weighted by atomic mass is 15.1. The lowest BCUT2D eigenvalue weighted by atomic mass is 10.2. The fourth-order valence-electron chi connectivity index (χ4n) is 1.25. The van der Waals surface area contributed by atoms with Crippen molar-refractivity contribution in [2.45, 2.75) is 27.2 Å². The highest BCUT2D eigenvalue weighted by Gasteiger charge is 2.00. The summed E-state index contributed by atoms with van der Waals surface area (Å²) >= 11 is 0. The molecule has 0 fully saturated rings. The summed E-state index contributed by atoms with van der Waals surface area (Å²) in [6.07, 6.45) is 9.07. The van der Waals surface area contributed by atoms with Crippen LogP contribution in [0.1, 0.15) is 27.2 Å². The number of anilines is 1. The summed E-state index contributed by atoms with van der Waals surface area (Å²) in [6.45, 7) is 6.42. The van der Waals surface area contributed by atoms with Crippen molar-refractivity contribution in [3.05, 3.63) is 47.9 Å². The van der Waals surface area contributed by atoms with E-state index in [4.69, 9.17) is 0 Å². The SMILES string of the molecule is CCC(C)=C/C=C(/C)N(C)c1cccnc1. The van der Waals surface area contributed by atoms with Gasteiger partial charge in [-0.05, 0) is 38.5 Å². The van der Waals surface area contributed by atoms with E-state index in [1.54, 1.807) is 6.20 Å². The maximum Gasteiger partial charge on any atom is 0.0592 e. The standard InChI is InChI=1S/C14H20N2/c1-5-12(2)8-9-13(3)16(4)14-7-6-10-15-11-14/h6-11H,5H2,1-4H3/b12-8?,13-9-. The van der Waals surface area contributed by atoms with Crippen molar-refractivity contribution >= 4 is 5.69 Å². The summed E-state index contributed by atoms with van der Waals surface area (Å²) in [5.41, 5.74) is 3.71. The molecule has 0 aliphatic rings. The van der Waals surface area contributed by atoms with E-state index in [0.29, 0.717) is 0 Å². The molecule has 86 valence electrons. The van der Waals surface area contributed by atoms with Crippen LogP contribution in [0.4, 0.5) is 5.69 Å². The number of aromatic nitrogens is 1. The van der Waals surface area contributed by atoms with Crippen molar-refractivity contribution in [2.24, 2.45) is 0 Å². The van der Waals surface area contributed by atoms with Gasteiger partial charge in [-0.1, -0.05) is 18.6 Å². The summed E-state index contributed by atoms with van der Waals surface area (Å²) in [5, 5.41) is 0. The summed E-state index contributed by atoms with van der Waals surface area (Å²) in [5.74, 6) is 0. The Labute approximate surface area is 98.3 Å². The molecule has 0 saturated carbocycles. The summed E-state index contributed by atoms with van der Waals surface area (Å²) in [4.78, 5) is 6.25. The maximum atomic E-state index is 4.12. The number of hydrogen-bond acceptors (Lipinski definition) is 2. The Bertz CT molecular complexity index is 377. The molecule has 1 rings (SSSR count). The van der Waals surface area contributed by atoms with Gasteiger partial charge in [0.1, 0.15) is 0 Å². The number of nitrogens with zero attached hydrogens (tertiary/aromatic N) is 2. The average molecular weight is 216 g/mol. The van der Waals surface area contributed by atoms with Crippen LogP contribution in [0.2, 0.25) is 0 Å². The molecule has 0 saturated heterocycles. The lowest BCUT2D eigenvalue weighted by Crippen LogP contribution is -2.13. The summed E-state index contributed by atoms with van der Waals surface area (Å²) in [7, 11) is 2.05. The zero-order chi connectivity index (χ0) is 12.0. The predicted octanol–water partition coefficient (Wildman–Crippen LogP) is 3.78. The molecule has 0 radical (unpaired) electrons. The van der Waals surface area contributed by atoms with Gasteiger partial charge in [-0.15, -0.1) is 0 Å². The number of pyridine rings is 1. The van der Waals surface area contributed by atoms with E-state index in [0.717, 1.165) is 12.1 Å². The molecular weight excluding hydrogens is 196 g/mol.